The fourth-order valence-corrected chi connectivity index (χ4v) is 0.202. The molecule has 0 aromatic carbocycles. The van der Waals surface area contributed by atoms with E-state index >= 15 is 0 Å². The average molecular weight is 284 g/mol. The minimum Gasteiger partial charge on any atom is -2.00 e. The average Bonchev–Trinajstić information content (AvgIpc) is 1.27. The molecule has 0 aromatic rings. The predicted molar refractivity (Wildman–Crippen MR) is 25.9 cm³/mol. The van der Waals surface area contributed by atoms with Gasteiger partial charge >= 0.3 is 11.9 Å². The van der Waals surface area contributed by atoms with E-state index in [9.17, 15) is 9.59 Å². The van der Waals surface area contributed by atoms with Crippen LogP contribution in [0.2, 0.25) is 0 Å². The van der Waals surface area contributed by atoms with Gasteiger partial charge in [0.15, 0.2) is 0 Å². The van der Waals surface area contributed by atoms with Gasteiger partial charge in [-0.25, -0.2) is 0 Å². The Morgan fingerprint density at radius 2 is 0.857 bits per heavy atom. The third-order valence-electron chi connectivity index (χ3n) is 0.287. The van der Waals surface area contributed by atoms with Gasteiger partial charge in [0.2, 0.25) is 0 Å². The molecule has 0 fully saturated rings. The molecule has 0 aliphatic heterocycles. The molecule has 14 heavy (non-hydrogen) atoms. The van der Waals surface area contributed by atoms with Gasteiger partial charge in [-0.3, -0.25) is 9.59 Å². The Labute approximate surface area is 105 Å². The summed E-state index contributed by atoms with van der Waals surface area (Å²) in [5, 5.41) is 0. The zero-order valence-corrected chi connectivity index (χ0v) is 9.95. The van der Waals surface area contributed by atoms with Crippen molar-refractivity contribution in [2.75, 3.05) is 0 Å². The van der Waals surface area contributed by atoms with Gasteiger partial charge in [-0.2, -0.15) is 0 Å². The number of hydrogen-bond acceptors (Lipinski definition) is 3. The largest absolute Gasteiger partial charge is 2.00 e. The molecule has 0 atom stereocenters. The van der Waals surface area contributed by atoms with E-state index in [0.29, 0.717) is 0 Å². The van der Waals surface area contributed by atoms with Crippen molar-refractivity contribution in [1.82, 2.24) is 0 Å². The molecule has 8 nitrogen and oxygen atoms in total. The first-order valence-electron chi connectivity index (χ1n) is 1.82. The van der Waals surface area contributed by atoms with Crippen molar-refractivity contribution in [3.63, 3.8) is 0 Å². The van der Waals surface area contributed by atoms with Gasteiger partial charge in [0.05, 0.1) is 0 Å². The number of esters is 2. The summed E-state index contributed by atoms with van der Waals surface area (Å²) in [6.45, 7) is 2.36. The number of rotatable bonds is 0. The van der Waals surface area contributed by atoms with E-state index in [1.54, 1.807) is 0 Å². The van der Waals surface area contributed by atoms with E-state index in [1.165, 1.54) is 13.8 Å². The third kappa shape index (κ3) is 88.5. The van der Waals surface area contributed by atoms with Crippen LogP contribution >= 0.6 is 0 Å². The summed E-state index contributed by atoms with van der Waals surface area (Å²) in [4.78, 5) is 19.6. The second-order valence-corrected chi connectivity index (χ2v) is 1.09. The van der Waals surface area contributed by atoms with E-state index in [0.717, 1.165) is 0 Å². The van der Waals surface area contributed by atoms with E-state index in [-0.39, 0.29) is 64.5 Å². The van der Waals surface area contributed by atoms with Crippen LogP contribution in [0, 0.1) is 0 Å². The Balaban J connectivity index is -0.00000000857. The molecular weight excluding hydrogens is 278 g/mol. The first-order chi connectivity index (χ1) is 3.13. The van der Waals surface area contributed by atoms with E-state index in [2.05, 4.69) is 4.74 Å². The van der Waals surface area contributed by atoms with Crippen LogP contribution in [0.4, 0.5) is 0 Å². The molecule has 0 aliphatic rings. The van der Waals surface area contributed by atoms with Crippen molar-refractivity contribution in [2.45, 2.75) is 13.8 Å². The van der Waals surface area contributed by atoms with Gasteiger partial charge in [0.25, 0.3) is 0 Å². The summed E-state index contributed by atoms with van der Waals surface area (Å²) in [6, 6.07) is 0. The molecule has 0 amide bonds. The standard InChI is InChI=1S/C4H6O3.5O.2V/c1-3(5)7-4(2)6;;;;;;;/h1-2H3;;;;;;;/q;5*-2;;. The van der Waals surface area contributed by atoms with Gasteiger partial charge in [-0.15, -0.1) is 0 Å². The topological polar surface area (TPSA) is 186 Å². The molecular formula is C4H6O8V2-10. The van der Waals surface area contributed by atoms with Crippen LogP contribution in [0.15, 0.2) is 0 Å². The van der Waals surface area contributed by atoms with Crippen molar-refractivity contribution < 1.29 is 78.8 Å². The summed E-state index contributed by atoms with van der Waals surface area (Å²) in [7, 11) is 0. The Bertz CT molecular complexity index is 95.5. The van der Waals surface area contributed by atoms with Crippen LogP contribution in [0.25, 0.3) is 0 Å². The van der Waals surface area contributed by atoms with Gasteiger partial charge < -0.3 is 32.1 Å². The van der Waals surface area contributed by atoms with Crippen LogP contribution in [-0.2, 0) is 78.8 Å². The summed E-state index contributed by atoms with van der Waals surface area (Å²) < 4.78 is 3.97. The monoisotopic (exact) mass is 284 g/mol. The summed E-state index contributed by atoms with van der Waals surface area (Å²) in [5.74, 6) is -1.12. The Kier molecular flexibility index (Phi) is 177. The molecule has 0 N–H and O–H groups in total. The predicted octanol–water partition coefficient (Wildman–Crippen LogP) is -0.503. The molecule has 10 heteroatoms. The van der Waals surface area contributed by atoms with E-state index < -0.39 is 11.9 Å². The molecule has 0 bridgehead atoms. The molecule has 0 saturated carbocycles. The second-order valence-electron chi connectivity index (χ2n) is 1.09. The van der Waals surface area contributed by atoms with Crippen molar-refractivity contribution in [3.05, 3.63) is 0 Å². The fraction of sp³-hybridized carbons (Fsp3) is 0.500. The Morgan fingerprint density at radius 3 is 0.857 bits per heavy atom. The molecule has 0 spiro atoms. The van der Waals surface area contributed by atoms with Gasteiger partial charge in [-0.1, -0.05) is 0 Å². The van der Waals surface area contributed by atoms with E-state index in [1.807, 2.05) is 0 Å². The Hall–Kier alpha value is 0.109. The minimum absolute atomic E-state index is 0. The van der Waals surface area contributed by atoms with Gasteiger partial charge in [-0.05, 0) is 0 Å². The molecule has 0 rings (SSSR count). The third-order valence-corrected chi connectivity index (χ3v) is 0.287. The maximum absolute atomic E-state index is 9.81. The maximum atomic E-state index is 9.81. The van der Waals surface area contributed by atoms with Gasteiger partial charge in [0, 0.05) is 51.0 Å². The zero-order chi connectivity index (χ0) is 5.86. The number of ether oxygens (including phenoxy) is 1. The number of hydrogen-bond donors (Lipinski definition) is 0. The minimum atomic E-state index is -0.562. The number of carbonyl (C=O) groups is 2. The van der Waals surface area contributed by atoms with Crippen molar-refractivity contribution in [3.8, 4) is 0 Å². The molecule has 0 unspecified atom stereocenters. The summed E-state index contributed by atoms with van der Waals surface area (Å²) >= 11 is 0. The van der Waals surface area contributed by atoms with Crippen LogP contribution < -0.4 is 0 Å². The first-order valence-corrected chi connectivity index (χ1v) is 1.82. The van der Waals surface area contributed by atoms with E-state index in [4.69, 9.17) is 0 Å². The normalized spacial score (nSPS) is 3.86. The SMILES string of the molecule is CC(=O)OC(C)=O.[O-2].[O-2].[O-2].[O-2].[O-2].[V].[V]. The molecule has 0 aromatic heterocycles. The van der Waals surface area contributed by atoms with Crippen LogP contribution in [0.1, 0.15) is 13.8 Å². The number of carbonyl (C=O) groups excluding carboxylic acids is 2. The maximum Gasteiger partial charge on any atom is 0.310 e. The summed E-state index contributed by atoms with van der Waals surface area (Å²) in [6.07, 6.45) is 0. The van der Waals surface area contributed by atoms with Crippen LogP contribution in [0.5, 0.6) is 0 Å². The Morgan fingerprint density at radius 1 is 0.714 bits per heavy atom. The van der Waals surface area contributed by atoms with Crippen molar-refractivity contribution >= 4 is 11.9 Å². The van der Waals surface area contributed by atoms with Crippen molar-refractivity contribution in [2.24, 2.45) is 0 Å². The zero-order valence-electron chi connectivity index (χ0n) is 7.16. The molecule has 90 valence electrons. The molecule has 0 saturated heterocycles. The smallest absolute Gasteiger partial charge is 0.310 e. The molecule has 0 aliphatic carbocycles. The van der Waals surface area contributed by atoms with Crippen molar-refractivity contribution in [1.29, 1.82) is 0 Å². The first kappa shape index (κ1) is 65.0. The second kappa shape index (κ2) is 38.0. The molecule has 0 heterocycles. The fourth-order valence-electron chi connectivity index (χ4n) is 0.202. The van der Waals surface area contributed by atoms with Gasteiger partial charge in [0.1, 0.15) is 0 Å². The molecule has 2 radical (unpaired) electrons. The van der Waals surface area contributed by atoms with Crippen LogP contribution in [0.3, 0.4) is 0 Å². The summed E-state index contributed by atoms with van der Waals surface area (Å²) in [5.41, 5.74) is 0. The van der Waals surface area contributed by atoms with Crippen LogP contribution in [-0.4, -0.2) is 11.9 Å². The quantitative estimate of drug-likeness (QED) is 0.429.